The molecule has 158 valence electrons. The maximum atomic E-state index is 6.32. The SMILES string of the molecule is CC1(C)CCC(c2nc(-c3ccc(Oc4ccccc4)cc3)c3c(N)nccn23)CC1. The zero-order valence-electron chi connectivity index (χ0n) is 18.1. The molecule has 2 heterocycles. The first-order valence-corrected chi connectivity index (χ1v) is 11.0. The molecule has 0 radical (unpaired) electrons. The second-order valence-electron chi connectivity index (χ2n) is 9.23. The van der Waals surface area contributed by atoms with Crippen molar-refractivity contribution in [1.82, 2.24) is 14.4 Å². The molecule has 5 heteroatoms. The summed E-state index contributed by atoms with van der Waals surface area (Å²) in [5.41, 5.74) is 9.52. The Labute approximate surface area is 182 Å². The molecule has 2 aromatic carbocycles. The van der Waals surface area contributed by atoms with Gasteiger partial charge in [-0.1, -0.05) is 32.0 Å². The molecular formula is C26H28N4O. The molecule has 0 aliphatic heterocycles. The Morgan fingerprint density at radius 3 is 2.35 bits per heavy atom. The molecule has 0 bridgehead atoms. The Morgan fingerprint density at radius 1 is 0.968 bits per heavy atom. The molecule has 0 spiro atoms. The molecule has 5 rings (SSSR count). The molecule has 5 nitrogen and oxygen atoms in total. The van der Waals surface area contributed by atoms with E-state index in [0.717, 1.165) is 46.9 Å². The molecule has 1 saturated carbocycles. The van der Waals surface area contributed by atoms with Crippen LogP contribution >= 0.6 is 0 Å². The minimum absolute atomic E-state index is 0.418. The molecule has 0 saturated heterocycles. The van der Waals surface area contributed by atoms with Crippen molar-refractivity contribution < 1.29 is 4.74 Å². The van der Waals surface area contributed by atoms with Crippen molar-refractivity contribution in [2.45, 2.75) is 45.4 Å². The third kappa shape index (κ3) is 3.88. The van der Waals surface area contributed by atoms with Crippen LogP contribution in [-0.4, -0.2) is 14.4 Å². The Balaban J connectivity index is 1.50. The highest BCUT2D eigenvalue weighted by molar-refractivity contribution is 5.85. The van der Waals surface area contributed by atoms with Gasteiger partial charge in [-0.25, -0.2) is 9.97 Å². The molecule has 0 atom stereocenters. The van der Waals surface area contributed by atoms with Crippen LogP contribution in [0.2, 0.25) is 0 Å². The van der Waals surface area contributed by atoms with Crippen molar-refractivity contribution in [1.29, 1.82) is 0 Å². The summed E-state index contributed by atoms with van der Waals surface area (Å²) in [6, 6.07) is 17.8. The topological polar surface area (TPSA) is 65.4 Å². The van der Waals surface area contributed by atoms with Gasteiger partial charge in [-0.3, -0.25) is 4.40 Å². The van der Waals surface area contributed by atoms with E-state index in [1.165, 1.54) is 12.8 Å². The van der Waals surface area contributed by atoms with E-state index < -0.39 is 0 Å². The number of para-hydroxylation sites is 1. The Bertz CT molecular complexity index is 1190. The molecule has 0 unspecified atom stereocenters. The average Bonchev–Trinajstić information content (AvgIpc) is 3.16. The van der Waals surface area contributed by atoms with Crippen LogP contribution < -0.4 is 10.5 Å². The Morgan fingerprint density at radius 2 is 1.65 bits per heavy atom. The zero-order chi connectivity index (χ0) is 21.4. The number of benzene rings is 2. The molecule has 0 amide bonds. The number of nitrogens with zero attached hydrogens (tertiary/aromatic N) is 3. The molecule has 4 aromatic rings. The van der Waals surface area contributed by atoms with Crippen molar-refractivity contribution in [2.24, 2.45) is 5.41 Å². The van der Waals surface area contributed by atoms with Gasteiger partial charge in [-0.15, -0.1) is 0 Å². The van der Waals surface area contributed by atoms with Crippen molar-refractivity contribution in [3.63, 3.8) is 0 Å². The zero-order valence-corrected chi connectivity index (χ0v) is 18.1. The lowest BCUT2D eigenvalue weighted by Gasteiger charge is -2.33. The van der Waals surface area contributed by atoms with E-state index in [1.807, 2.05) is 60.8 Å². The summed E-state index contributed by atoms with van der Waals surface area (Å²) in [5, 5.41) is 0. The molecule has 1 aliphatic carbocycles. The number of aromatic nitrogens is 3. The highest BCUT2D eigenvalue weighted by Crippen LogP contribution is 2.43. The van der Waals surface area contributed by atoms with E-state index in [-0.39, 0.29) is 0 Å². The number of hydrogen-bond donors (Lipinski definition) is 1. The lowest BCUT2D eigenvalue weighted by atomic mass is 9.73. The van der Waals surface area contributed by atoms with E-state index in [4.69, 9.17) is 15.5 Å². The van der Waals surface area contributed by atoms with Gasteiger partial charge < -0.3 is 10.5 Å². The first-order valence-electron chi connectivity index (χ1n) is 11.0. The molecular weight excluding hydrogens is 384 g/mol. The standard InChI is InChI=1S/C26H28N4O/c1-26(2)14-12-19(13-15-26)25-29-22(23-24(27)28-16-17-30(23)25)18-8-10-21(11-9-18)31-20-6-4-3-5-7-20/h3-11,16-17,19H,12-15H2,1-2H3,(H2,27,28). The molecule has 2 aromatic heterocycles. The third-order valence-electron chi connectivity index (χ3n) is 6.42. The summed E-state index contributed by atoms with van der Waals surface area (Å²) < 4.78 is 8.09. The number of ether oxygens (including phenoxy) is 1. The first kappa shape index (κ1) is 19.6. The Kier molecular flexibility index (Phi) is 4.89. The number of fused-ring (bicyclic) bond motifs is 1. The molecule has 2 N–H and O–H groups in total. The van der Waals surface area contributed by atoms with Gasteiger partial charge in [-0.05, 0) is 67.5 Å². The highest BCUT2D eigenvalue weighted by Gasteiger charge is 2.31. The fourth-order valence-electron chi connectivity index (χ4n) is 4.54. The quantitative estimate of drug-likeness (QED) is 0.418. The number of nitrogens with two attached hydrogens (primary N) is 1. The summed E-state index contributed by atoms with van der Waals surface area (Å²) in [6.07, 6.45) is 8.49. The van der Waals surface area contributed by atoms with Crippen LogP contribution in [0.25, 0.3) is 16.8 Å². The van der Waals surface area contributed by atoms with Crippen LogP contribution in [0.1, 0.15) is 51.3 Å². The highest BCUT2D eigenvalue weighted by atomic mass is 16.5. The van der Waals surface area contributed by atoms with E-state index in [2.05, 4.69) is 23.2 Å². The van der Waals surface area contributed by atoms with Gasteiger partial charge >= 0.3 is 0 Å². The minimum Gasteiger partial charge on any atom is -0.457 e. The van der Waals surface area contributed by atoms with Crippen LogP contribution in [0.15, 0.2) is 67.0 Å². The van der Waals surface area contributed by atoms with Gasteiger partial charge in [0.15, 0.2) is 0 Å². The van der Waals surface area contributed by atoms with Gasteiger partial charge in [0.1, 0.15) is 34.4 Å². The second kappa shape index (κ2) is 7.73. The van der Waals surface area contributed by atoms with Gasteiger partial charge in [0.25, 0.3) is 0 Å². The summed E-state index contributed by atoms with van der Waals surface area (Å²) in [6.45, 7) is 4.72. The molecule has 1 fully saturated rings. The largest absolute Gasteiger partial charge is 0.457 e. The van der Waals surface area contributed by atoms with Gasteiger partial charge in [0.05, 0.1) is 0 Å². The van der Waals surface area contributed by atoms with Crippen LogP contribution in [0.4, 0.5) is 5.82 Å². The van der Waals surface area contributed by atoms with Gasteiger partial charge in [0, 0.05) is 23.9 Å². The van der Waals surface area contributed by atoms with Crippen molar-refractivity contribution in [3.05, 3.63) is 72.8 Å². The Hall–Kier alpha value is -3.34. The third-order valence-corrected chi connectivity index (χ3v) is 6.42. The number of hydrogen-bond acceptors (Lipinski definition) is 4. The maximum Gasteiger partial charge on any atom is 0.150 e. The van der Waals surface area contributed by atoms with E-state index in [1.54, 1.807) is 6.20 Å². The number of anilines is 1. The van der Waals surface area contributed by atoms with Gasteiger partial charge in [-0.2, -0.15) is 0 Å². The van der Waals surface area contributed by atoms with Crippen molar-refractivity contribution in [2.75, 3.05) is 5.73 Å². The lowest BCUT2D eigenvalue weighted by Crippen LogP contribution is -2.21. The van der Waals surface area contributed by atoms with Crippen LogP contribution in [0, 0.1) is 5.41 Å². The number of rotatable bonds is 4. The predicted molar refractivity (Wildman–Crippen MR) is 124 cm³/mol. The second-order valence-corrected chi connectivity index (χ2v) is 9.23. The molecule has 1 aliphatic rings. The van der Waals surface area contributed by atoms with E-state index >= 15 is 0 Å². The number of imidazole rings is 1. The van der Waals surface area contributed by atoms with Crippen molar-refractivity contribution >= 4 is 11.3 Å². The van der Waals surface area contributed by atoms with Crippen LogP contribution in [0.3, 0.4) is 0 Å². The monoisotopic (exact) mass is 412 g/mol. The maximum absolute atomic E-state index is 6.32. The first-order chi connectivity index (χ1) is 15.0. The number of nitrogen functional groups attached to an aromatic ring is 1. The van der Waals surface area contributed by atoms with E-state index in [9.17, 15) is 0 Å². The molecule has 31 heavy (non-hydrogen) atoms. The van der Waals surface area contributed by atoms with Gasteiger partial charge in [0.2, 0.25) is 0 Å². The summed E-state index contributed by atoms with van der Waals surface area (Å²) in [7, 11) is 0. The van der Waals surface area contributed by atoms with Crippen molar-refractivity contribution in [3.8, 4) is 22.8 Å². The summed E-state index contributed by atoms with van der Waals surface area (Å²) in [5.74, 6) is 3.66. The minimum atomic E-state index is 0.418. The summed E-state index contributed by atoms with van der Waals surface area (Å²) >= 11 is 0. The summed E-state index contributed by atoms with van der Waals surface area (Å²) in [4.78, 5) is 9.45. The van der Waals surface area contributed by atoms with Crippen LogP contribution in [0.5, 0.6) is 11.5 Å². The lowest BCUT2D eigenvalue weighted by molar-refractivity contribution is 0.220. The average molecular weight is 413 g/mol. The fraction of sp³-hybridized carbons (Fsp3) is 0.308. The fourth-order valence-corrected chi connectivity index (χ4v) is 4.54. The van der Waals surface area contributed by atoms with E-state index in [0.29, 0.717) is 17.2 Å². The normalized spacial score (nSPS) is 16.5. The van der Waals surface area contributed by atoms with Crippen LogP contribution in [-0.2, 0) is 0 Å². The smallest absolute Gasteiger partial charge is 0.150 e. The predicted octanol–water partition coefficient (Wildman–Crippen LogP) is 6.45.